The Kier molecular flexibility index (Phi) is 8.37. The van der Waals surface area contributed by atoms with E-state index in [2.05, 4.69) is 4.74 Å². The van der Waals surface area contributed by atoms with E-state index in [0.29, 0.717) is 24.1 Å². The van der Waals surface area contributed by atoms with Crippen LogP contribution in [-0.2, 0) is 22.4 Å². The summed E-state index contributed by atoms with van der Waals surface area (Å²) in [6, 6.07) is 12.5. The Morgan fingerprint density at radius 3 is 2.73 bits per heavy atom. The fraction of sp³-hybridized carbons (Fsp3) is 0.440. The zero-order valence-corrected chi connectivity index (χ0v) is 19.6. The lowest BCUT2D eigenvalue weighted by Gasteiger charge is -2.22. The van der Waals surface area contributed by atoms with Crippen molar-refractivity contribution in [1.29, 1.82) is 0 Å². The first kappa shape index (κ1) is 25.1. The highest BCUT2D eigenvalue weighted by Gasteiger charge is 2.52. The summed E-state index contributed by atoms with van der Waals surface area (Å²) in [5, 5.41) is 10.5. The number of alkyl halides is 2. The molecule has 1 aromatic heterocycles. The third kappa shape index (κ3) is 6.48. The van der Waals surface area contributed by atoms with Crippen molar-refractivity contribution in [2.24, 2.45) is 5.92 Å². The maximum atomic E-state index is 14.2. The van der Waals surface area contributed by atoms with Crippen molar-refractivity contribution >= 4 is 23.2 Å². The smallest absolute Gasteiger partial charge is 0.348 e. The van der Waals surface area contributed by atoms with Crippen LogP contribution in [0.3, 0.4) is 0 Å². The number of rotatable bonds is 10. The normalized spacial score (nSPS) is 19.7. The molecule has 0 saturated carbocycles. The first-order chi connectivity index (χ1) is 15.7. The van der Waals surface area contributed by atoms with Gasteiger partial charge in [-0.05, 0) is 42.9 Å². The number of hydrogen-bond acceptors (Lipinski definition) is 5. The van der Waals surface area contributed by atoms with Crippen LogP contribution < -0.4 is 0 Å². The summed E-state index contributed by atoms with van der Waals surface area (Å²) in [6.07, 6.45) is 3.37. The second-order valence-electron chi connectivity index (χ2n) is 8.38. The fourth-order valence-electron chi connectivity index (χ4n) is 3.94. The molecule has 0 bridgehead atoms. The Morgan fingerprint density at radius 2 is 2.03 bits per heavy atom. The van der Waals surface area contributed by atoms with Crippen LogP contribution in [0, 0.1) is 5.92 Å². The molecule has 0 unspecified atom stereocenters. The van der Waals surface area contributed by atoms with E-state index < -0.39 is 36.4 Å². The number of thiophene rings is 1. The molecule has 1 saturated heterocycles. The number of amides is 1. The van der Waals surface area contributed by atoms with Crippen molar-refractivity contribution in [2.45, 2.75) is 50.7 Å². The Morgan fingerprint density at radius 1 is 1.30 bits per heavy atom. The number of esters is 1. The van der Waals surface area contributed by atoms with E-state index in [1.165, 1.54) is 35.5 Å². The van der Waals surface area contributed by atoms with Crippen LogP contribution in [0.15, 0.2) is 54.6 Å². The summed E-state index contributed by atoms with van der Waals surface area (Å²) in [6.45, 7) is 2.07. The highest BCUT2D eigenvalue weighted by Crippen LogP contribution is 2.34. The molecule has 1 amide bonds. The molecule has 0 radical (unpaired) electrons. The quantitative estimate of drug-likeness (QED) is 0.404. The number of carbonyl (C=O) groups excluding carboxylic acids is 2. The van der Waals surface area contributed by atoms with Crippen molar-refractivity contribution in [3.05, 3.63) is 69.9 Å². The van der Waals surface area contributed by atoms with Crippen molar-refractivity contribution in [1.82, 2.24) is 4.90 Å². The van der Waals surface area contributed by atoms with E-state index >= 15 is 0 Å². The Hall–Kier alpha value is -2.58. The predicted octanol–water partition coefficient (Wildman–Crippen LogP) is 4.50. The lowest BCUT2D eigenvalue weighted by molar-refractivity contribution is -0.148. The summed E-state index contributed by atoms with van der Waals surface area (Å²) in [5.74, 6) is -5.09. The molecule has 8 heteroatoms. The van der Waals surface area contributed by atoms with Crippen LogP contribution in [0.25, 0.3) is 0 Å². The first-order valence-corrected chi connectivity index (χ1v) is 11.8. The summed E-state index contributed by atoms with van der Waals surface area (Å²) in [7, 11) is 1.31. The number of halogens is 2. The van der Waals surface area contributed by atoms with E-state index in [0.717, 1.165) is 10.4 Å². The average Bonchev–Trinajstić information content (AvgIpc) is 3.35. The fourth-order valence-corrected chi connectivity index (χ4v) is 4.91. The van der Waals surface area contributed by atoms with E-state index in [1.807, 2.05) is 37.3 Å². The predicted molar refractivity (Wildman–Crippen MR) is 124 cm³/mol. The number of aryl methyl sites for hydroxylation is 1. The van der Waals surface area contributed by atoms with E-state index in [4.69, 9.17) is 0 Å². The van der Waals surface area contributed by atoms with E-state index in [-0.39, 0.29) is 12.5 Å². The first-order valence-electron chi connectivity index (χ1n) is 11.0. The lowest BCUT2D eigenvalue weighted by atomic mass is 9.95. The van der Waals surface area contributed by atoms with Gasteiger partial charge in [0.15, 0.2) is 0 Å². The van der Waals surface area contributed by atoms with Gasteiger partial charge >= 0.3 is 11.9 Å². The molecule has 3 rings (SSSR count). The number of likely N-dealkylation sites (tertiary alicyclic amines) is 1. The molecule has 1 N–H and O–H groups in total. The maximum Gasteiger partial charge on any atom is 0.348 e. The van der Waals surface area contributed by atoms with Gasteiger partial charge in [0.1, 0.15) is 4.88 Å². The molecule has 1 aromatic carbocycles. The molecule has 178 valence electrons. The van der Waals surface area contributed by atoms with Crippen molar-refractivity contribution in [3.8, 4) is 0 Å². The number of nitrogens with zero attached hydrogens (tertiary/aromatic N) is 1. The van der Waals surface area contributed by atoms with Crippen LogP contribution in [0.1, 0.15) is 39.9 Å². The van der Waals surface area contributed by atoms with Gasteiger partial charge in [-0.1, -0.05) is 49.4 Å². The van der Waals surface area contributed by atoms with E-state index in [9.17, 15) is 23.5 Å². The maximum absolute atomic E-state index is 14.2. The Balaban J connectivity index is 1.58. The van der Waals surface area contributed by atoms with Crippen molar-refractivity contribution in [2.75, 3.05) is 13.7 Å². The molecule has 1 fully saturated rings. The molecule has 33 heavy (non-hydrogen) atoms. The SMILES string of the molecule is COC(=O)c1ccc(CCCN2C(=O)C(F)(F)C[C@@H]2C=C[C@H](O)[C@H](C)Cc2ccccc2)s1. The minimum absolute atomic E-state index is 0.0995. The molecule has 2 aromatic rings. The molecule has 5 nitrogen and oxygen atoms in total. The van der Waals surface area contributed by atoms with Crippen molar-refractivity contribution < 1.29 is 28.2 Å². The van der Waals surface area contributed by atoms with Gasteiger partial charge in [0, 0.05) is 17.8 Å². The molecular weight excluding hydrogens is 448 g/mol. The number of hydrogen-bond donors (Lipinski definition) is 1. The lowest BCUT2D eigenvalue weighted by Crippen LogP contribution is -2.37. The Labute approximate surface area is 196 Å². The zero-order chi connectivity index (χ0) is 24.0. The van der Waals surface area contributed by atoms with Gasteiger partial charge < -0.3 is 14.7 Å². The average molecular weight is 478 g/mol. The number of aliphatic hydroxyl groups excluding tert-OH is 1. The standard InChI is InChI=1S/C25H29F2NO4S/c1-17(15-18-7-4-3-5-8-18)21(29)12-10-19-16-25(26,27)24(31)28(19)14-6-9-20-11-13-22(33-20)23(30)32-2/h3-5,7-8,10-13,17,19,21,29H,6,9,14-16H2,1-2H3/t17-,19+,21+/m1/s1. The largest absolute Gasteiger partial charge is 0.465 e. The van der Waals surface area contributed by atoms with Gasteiger partial charge in [-0.25, -0.2) is 4.79 Å². The summed E-state index contributed by atoms with van der Waals surface area (Å²) in [4.78, 5) is 26.4. The highest BCUT2D eigenvalue weighted by molar-refractivity contribution is 7.13. The van der Waals surface area contributed by atoms with Crippen LogP contribution >= 0.6 is 11.3 Å². The monoisotopic (exact) mass is 477 g/mol. The van der Waals surface area contributed by atoms with Crippen LogP contribution in [-0.4, -0.2) is 53.6 Å². The summed E-state index contributed by atoms with van der Waals surface area (Å²) in [5.41, 5.74) is 1.09. The number of ether oxygens (including phenoxy) is 1. The summed E-state index contributed by atoms with van der Waals surface area (Å²) < 4.78 is 33.0. The van der Waals surface area contributed by atoms with Gasteiger partial charge in [-0.2, -0.15) is 8.78 Å². The van der Waals surface area contributed by atoms with Crippen LogP contribution in [0.5, 0.6) is 0 Å². The molecule has 0 spiro atoms. The van der Waals surface area contributed by atoms with Gasteiger partial charge in [0.05, 0.1) is 19.3 Å². The molecule has 1 aliphatic rings. The molecule has 2 heterocycles. The molecule has 3 atom stereocenters. The van der Waals surface area contributed by atoms with Crippen molar-refractivity contribution in [3.63, 3.8) is 0 Å². The van der Waals surface area contributed by atoms with Crippen LogP contribution in [0.4, 0.5) is 8.78 Å². The Bertz CT molecular complexity index is 976. The third-order valence-corrected chi connectivity index (χ3v) is 6.95. The van der Waals surface area contributed by atoms with Gasteiger partial charge in [-0.3, -0.25) is 4.79 Å². The van der Waals surface area contributed by atoms with E-state index in [1.54, 1.807) is 12.1 Å². The van der Waals surface area contributed by atoms with Gasteiger partial charge in [0.2, 0.25) is 0 Å². The molecule has 0 aliphatic carbocycles. The molecular formula is C25H29F2NO4S. The number of benzene rings is 1. The minimum Gasteiger partial charge on any atom is -0.465 e. The number of aliphatic hydroxyl groups is 1. The summed E-state index contributed by atoms with van der Waals surface area (Å²) >= 11 is 1.29. The third-order valence-electron chi connectivity index (χ3n) is 5.82. The van der Waals surface area contributed by atoms with Crippen LogP contribution in [0.2, 0.25) is 0 Å². The van der Waals surface area contributed by atoms with Gasteiger partial charge in [-0.15, -0.1) is 11.3 Å². The number of carbonyl (C=O) groups is 2. The number of methoxy groups -OCH3 is 1. The highest BCUT2D eigenvalue weighted by atomic mass is 32.1. The topological polar surface area (TPSA) is 66.8 Å². The van der Waals surface area contributed by atoms with Gasteiger partial charge in [0.25, 0.3) is 5.91 Å². The minimum atomic E-state index is -3.41. The zero-order valence-electron chi connectivity index (χ0n) is 18.7. The molecule has 1 aliphatic heterocycles. The second-order valence-corrected chi connectivity index (χ2v) is 9.55. The second kappa shape index (κ2) is 11.0.